The van der Waals surface area contributed by atoms with Crippen LogP contribution in [0.15, 0.2) is 42.5 Å². The van der Waals surface area contributed by atoms with Gasteiger partial charge in [0.1, 0.15) is 0 Å². The SMILES string of the molecule is COc1cc(CC(=O)NCC(C(=O)O)c2ccccc2)cc(OC)c1OC. The first-order valence-electron chi connectivity index (χ1n) is 8.33. The summed E-state index contributed by atoms with van der Waals surface area (Å²) in [5, 5.41) is 12.1. The van der Waals surface area contributed by atoms with E-state index in [2.05, 4.69) is 5.32 Å². The van der Waals surface area contributed by atoms with Crippen molar-refractivity contribution in [1.82, 2.24) is 5.32 Å². The van der Waals surface area contributed by atoms with Crippen molar-refractivity contribution in [3.63, 3.8) is 0 Å². The van der Waals surface area contributed by atoms with Crippen molar-refractivity contribution in [2.45, 2.75) is 12.3 Å². The zero-order valence-electron chi connectivity index (χ0n) is 15.5. The molecule has 0 saturated carbocycles. The summed E-state index contributed by atoms with van der Waals surface area (Å²) in [4.78, 5) is 23.8. The summed E-state index contributed by atoms with van der Waals surface area (Å²) in [6.07, 6.45) is 0.0534. The molecule has 1 unspecified atom stereocenters. The number of ether oxygens (including phenoxy) is 3. The number of benzene rings is 2. The summed E-state index contributed by atoms with van der Waals surface area (Å²) >= 11 is 0. The summed E-state index contributed by atoms with van der Waals surface area (Å²) in [7, 11) is 4.50. The predicted octanol–water partition coefficient (Wildman–Crippen LogP) is 2.24. The zero-order valence-corrected chi connectivity index (χ0v) is 15.5. The molecule has 2 rings (SSSR count). The Morgan fingerprint density at radius 3 is 2.07 bits per heavy atom. The first-order valence-corrected chi connectivity index (χ1v) is 8.33. The molecule has 2 N–H and O–H groups in total. The molecule has 0 aromatic heterocycles. The standard InChI is InChI=1S/C20H23NO6/c1-25-16-9-13(10-17(26-2)19(16)27-3)11-18(22)21-12-15(20(23)24)14-7-5-4-6-8-14/h4-10,15H,11-12H2,1-3H3,(H,21,22)(H,23,24). The van der Waals surface area contributed by atoms with Crippen LogP contribution in [0.25, 0.3) is 0 Å². The van der Waals surface area contributed by atoms with Crippen molar-refractivity contribution in [3.05, 3.63) is 53.6 Å². The van der Waals surface area contributed by atoms with Gasteiger partial charge in [-0.2, -0.15) is 0 Å². The molecule has 0 aliphatic heterocycles. The van der Waals surface area contributed by atoms with Crippen LogP contribution in [-0.4, -0.2) is 44.9 Å². The molecule has 2 aromatic rings. The van der Waals surface area contributed by atoms with Crippen molar-refractivity contribution in [3.8, 4) is 17.2 Å². The van der Waals surface area contributed by atoms with Gasteiger partial charge in [0.2, 0.25) is 11.7 Å². The first-order chi connectivity index (χ1) is 13.0. The molecule has 1 amide bonds. The van der Waals surface area contributed by atoms with Crippen LogP contribution in [0.5, 0.6) is 17.2 Å². The summed E-state index contributed by atoms with van der Waals surface area (Å²) in [5.74, 6) is -0.755. The number of nitrogens with one attached hydrogen (secondary N) is 1. The minimum Gasteiger partial charge on any atom is -0.493 e. The van der Waals surface area contributed by atoms with Gasteiger partial charge < -0.3 is 24.6 Å². The van der Waals surface area contributed by atoms with E-state index in [0.717, 1.165) is 0 Å². The quantitative estimate of drug-likeness (QED) is 0.700. The summed E-state index contributed by atoms with van der Waals surface area (Å²) in [6, 6.07) is 12.2. The van der Waals surface area contributed by atoms with E-state index in [9.17, 15) is 14.7 Å². The molecule has 2 aromatic carbocycles. The average Bonchev–Trinajstić information content (AvgIpc) is 2.67. The minimum atomic E-state index is -0.991. The number of amides is 1. The monoisotopic (exact) mass is 373 g/mol. The molecular formula is C20H23NO6. The molecule has 1 atom stereocenters. The molecule has 0 radical (unpaired) electrons. The van der Waals surface area contributed by atoms with Gasteiger partial charge in [0.15, 0.2) is 11.5 Å². The van der Waals surface area contributed by atoms with Crippen LogP contribution >= 0.6 is 0 Å². The molecule has 0 heterocycles. The van der Waals surface area contributed by atoms with Crippen molar-refractivity contribution >= 4 is 11.9 Å². The van der Waals surface area contributed by atoms with E-state index in [1.54, 1.807) is 36.4 Å². The molecule has 0 saturated heterocycles. The lowest BCUT2D eigenvalue weighted by Crippen LogP contribution is -2.32. The first kappa shape index (κ1) is 20.1. The van der Waals surface area contributed by atoms with E-state index >= 15 is 0 Å². The van der Waals surface area contributed by atoms with Crippen LogP contribution in [0, 0.1) is 0 Å². The lowest BCUT2D eigenvalue weighted by Gasteiger charge is -2.15. The van der Waals surface area contributed by atoms with Crippen molar-refractivity contribution in [1.29, 1.82) is 0 Å². The maximum absolute atomic E-state index is 12.3. The normalized spacial score (nSPS) is 11.4. The fourth-order valence-electron chi connectivity index (χ4n) is 2.73. The Balaban J connectivity index is 2.08. The van der Waals surface area contributed by atoms with Gasteiger partial charge in [0.05, 0.1) is 33.7 Å². The maximum atomic E-state index is 12.3. The van der Waals surface area contributed by atoms with Crippen LogP contribution < -0.4 is 19.5 Å². The Morgan fingerprint density at radius 2 is 1.59 bits per heavy atom. The van der Waals surface area contributed by atoms with Gasteiger partial charge in [-0.05, 0) is 23.3 Å². The molecule has 0 spiro atoms. The molecule has 0 aliphatic rings. The Bertz CT molecular complexity index is 765. The number of rotatable bonds is 9. The van der Waals surface area contributed by atoms with E-state index in [1.165, 1.54) is 21.3 Å². The van der Waals surface area contributed by atoms with E-state index in [0.29, 0.717) is 28.4 Å². The number of methoxy groups -OCH3 is 3. The molecule has 0 aliphatic carbocycles. The Hall–Kier alpha value is -3.22. The highest BCUT2D eigenvalue weighted by atomic mass is 16.5. The highest BCUT2D eigenvalue weighted by molar-refractivity contribution is 5.81. The van der Waals surface area contributed by atoms with Gasteiger partial charge in [0, 0.05) is 6.54 Å². The number of carbonyl (C=O) groups is 2. The number of hydrogen-bond donors (Lipinski definition) is 2. The Labute approximate surface area is 157 Å². The third kappa shape index (κ3) is 5.13. The van der Waals surface area contributed by atoms with Crippen molar-refractivity contribution in [2.24, 2.45) is 0 Å². The van der Waals surface area contributed by atoms with Crippen LogP contribution in [0.2, 0.25) is 0 Å². The number of carboxylic acid groups (broad SMARTS) is 1. The van der Waals surface area contributed by atoms with Crippen LogP contribution in [0.3, 0.4) is 0 Å². The zero-order chi connectivity index (χ0) is 19.8. The molecule has 0 bridgehead atoms. The fraction of sp³-hybridized carbons (Fsp3) is 0.300. The average molecular weight is 373 g/mol. The topological polar surface area (TPSA) is 94.1 Å². The Morgan fingerprint density at radius 1 is 1.00 bits per heavy atom. The van der Waals surface area contributed by atoms with E-state index < -0.39 is 11.9 Å². The molecule has 27 heavy (non-hydrogen) atoms. The third-order valence-electron chi connectivity index (χ3n) is 4.09. The fourth-order valence-corrected chi connectivity index (χ4v) is 2.73. The third-order valence-corrected chi connectivity index (χ3v) is 4.09. The maximum Gasteiger partial charge on any atom is 0.312 e. The Kier molecular flexibility index (Phi) is 7.05. The lowest BCUT2D eigenvalue weighted by atomic mass is 9.99. The largest absolute Gasteiger partial charge is 0.493 e. The van der Waals surface area contributed by atoms with Crippen molar-refractivity contribution < 1.29 is 28.9 Å². The molecule has 7 heteroatoms. The predicted molar refractivity (Wildman–Crippen MR) is 99.6 cm³/mol. The smallest absolute Gasteiger partial charge is 0.312 e. The number of aliphatic carboxylic acids is 1. The van der Waals surface area contributed by atoms with Crippen LogP contribution in [-0.2, 0) is 16.0 Å². The van der Waals surface area contributed by atoms with E-state index in [1.807, 2.05) is 6.07 Å². The molecular weight excluding hydrogens is 350 g/mol. The number of carboxylic acids is 1. The second kappa shape index (κ2) is 9.47. The van der Waals surface area contributed by atoms with E-state index in [-0.39, 0.29) is 18.9 Å². The van der Waals surface area contributed by atoms with Gasteiger partial charge in [-0.3, -0.25) is 9.59 Å². The highest BCUT2D eigenvalue weighted by Gasteiger charge is 2.21. The summed E-state index contributed by atoms with van der Waals surface area (Å²) in [5.41, 5.74) is 1.30. The van der Waals surface area contributed by atoms with Crippen LogP contribution in [0.4, 0.5) is 0 Å². The molecule has 7 nitrogen and oxygen atoms in total. The van der Waals surface area contributed by atoms with Gasteiger partial charge >= 0.3 is 5.97 Å². The minimum absolute atomic E-state index is 0.00258. The second-order valence-electron chi connectivity index (χ2n) is 5.82. The second-order valence-corrected chi connectivity index (χ2v) is 5.82. The molecule has 144 valence electrons. The highest BCUT2D eigenvalue weighted by Crippen LogP contribution is 2.38. The number of hydrogen-bond acceptors (Lipinski definition) is 5. The van der Waals surface area contributed by atoms with Gasteiger partial charge in [0.25, 0.3) is 0 Å². The van der Waals surface area contributed by atoms with Gasteiger partial charge in [-0.15, -0.1) is 0 Å². The molecule has 0 fully saturated rings. The van der Waals surface area contributed by atoms with E-state index in [4.69, 9.17) is 14.2 Å². The van der Waals surface area contributed by atoms with Gasteiger partial charge in [-0.25, -0.2) is 0 Å². The van der Waals surface area contributed by atoms with Crippen LogP contribution in [0.1, 0.15) is 17.0 Å². The van der Waals surface area contributed by atoms with Gasteiger partial charge in [-0.1, -0.05) is 30.3 Å². The lowest BCUT2D eigenvalue weighted by molar-refractivity contribution is -0.138. The van der Waals surface area contributed by atoms with Crippen molar-refractivity contribution in [2.75, 3.05) is 27.9 Å². The number of carbonyl (C=O) groups excluding carboxylic acids is 1. The summed E-state index contributed by atoms with van der Waals surface area (Å²) < 4.78 is 15.8. The summed E-state index contributed by atoms with van der Waals surface area (Å²) in [6.45, 7) is 0.00258.